The van der Waals surface area contributed by atoms with Crippen molar-refractivity contribution in [3.63, 3.8) is 0 Å². The SMILES string of the molecule is O=C(NCc1ccccc1)c1ccnc(C(=O)Nc2ccc(F)c(F)c2F)c1. The number of carbonyl (C=O) groups is 2. The fraction of sp³-hybridized carbons (Fsp3) is 0.0500. The Morgan fingerprint density at radius 1 is 0.893 bits per heavy atom. The third-order valence-electron chi connectivity index (χ3n) is 3.83. The minimum Gasteiger partial charge on any atom is -0.348 e. The molecule has 3 aromatic rings. The van der Waals surface area contributed by atoms with Gasteiger partial charge in [-0.15, -0.1) is 0 Å². The fourth-order valence-electron chi connectivity index (χ4n) is 2.39. The van der Waals surface area contributed by atoms with Crippen molar-refractivity contribution in [3.05, 3.63) is 95.1 Å². The molecule has 2 N–H and O–H groups in total. The van der Waals surface area contributed by atoms with E-state index in [-0.39, 0.29) is 11.3 Å². The van der Waals surface area contributed by atoms with Crippen LogP contribution >= 0.6 is 0 Å². The van der Waals surface area contributed by atoms with E-state index in [4.69, 9.17) is 0 Å². The second-order valence-corrected chi connectivity index (χ2v) is 5.78. The molecule has 0 aliphatic heterocycles. The summed E-state index contributed by atoms with van der Waals surface area (Å²) in [6.07, 6.45) is 1.24. The number of amides is 2. The molecule has 0 fully saturated rings. The lowest BCUT2D eigenvalue weighted by Gasteiger charge is -2.09. The summed E-state index contributed by atoms with van der Waals surface area (Å²) in [5, 5.41) is 4.81. The summed E-state index contributed by atoms with van der Waals surface area (Å²) < 4.78 is 39.9. The molecule has 1 aromatic heterocycles. The van der Waals surface area contributed by atoms with Crippen molar-refractivity contribution in [2.75, 3.05) is 5.32 Å². The number of benzene rings is 2. The van der Waals surface area contributed by atoms with Gasteiger partial charge in [-0.3, -0.25) is 14.6 Å². The van der Waals surface area contributed by atoms with Gasteiger partial charge in [-0.25, -0.2) is 13.2 Å². The molecule has 3 rings (SSSR count). The molecular weight excluding hydrogens is 371 g/mol. The number of aromatic nitrogens is 1. The summed E-state index contributed by atoms with van der Waals surface area (Å²) in [7, 11) is 0. The smallest absolute Gasteiger partial charge is 0.274 e. The van der Waals surface area contributed by atoms with E-state index in [1.54, 1.807) is 0 Å². The summed E-state index contributed by atoms with van der Waals surface area (Å²) in [4.78, 5) is 28.3. The van der Waals surface area contributed by atoms with E-state index < -0.39 is 35.0 Å². The van der Waals surface area contributed by atoms with E-state index >= 15 is 0 Å². The first-order valence-electron chi connectivity index (χ1n) is 8.18. The van der Waals surface area contributed by atoms with Crippen molar-refractivity contribution < 1.29 is 22.8 Å². The van der Waals surface area contributed by atoms with Crippen LogP contribution in [0.1, 0.15) is 26.4 Å². The number of rotatable bonds is 5. The Bertz CT molecular complexity index is 1030. The minimum absolute atomic E-state index is 0.168. The monoisotopic (exact) mass is 385 g/mol. The van der Waals surface area contributed by atoms with Gasteiger partial charge in [0.15, 0.2) is 17.5 Å². The van der Waals surface area contributed by atoms with Gasteiger partial charge in [0.25, 0.3) is 11.8 Å². The summed E-state index contributed by atoms with van der Waals surface area (Å²) >= 11 is 0. The van der Waals surface area contributed by atoms with Crippen molar-refractivity contribution in [2.24, 2.45) is 0 Å². The van der Waals surface area contributed by atoms with Crippen molar-refractivity contribution in [1.82, 2.24) is 10.3 Å². The van der Waals surface area contributed by atoms with Crippen LogP contribution in [0.4, 0.5) is 18.9 Å². The highest BCUT2D eigenvalue weighted by molar-refractivity contribution is 6.04. The highest BCUT2D eigenvalue weighted by Crippen LogP contribution is 2.20. The van der Waals surface area contributed by atoms with Gasteiger partial charge in [-0.1, -0.05) is 30.3 Å². The maximum Gasteiger partial charge on any atom is 0.274 e. The number of halogens is 3. The van der Waals surface area contributed by atoms with E-state index in [9.17, 15) is 22.8 Å². The molecule has 142 valence electrons. The Morgan fingerprint density at radius 3 is 2.39 bits per heavy atom. The van der Waals surface area contributed by atoms with E-state index in [2.05, 4.69) is 15.6 Å². The van der Waals surface area contributed by atoms with Crippen LogP contribution < -0.4 is 10.6 Å². The lowest BCUT2D eigenvalue weighted by molar-refractivity contribution is 0.0950. The van der Waals surface area contributed by atoms with Crippen LogP contribution in [0.3, 0.4) is 0 Å². The van der Waals surface area contributed by atoms with Gasteiger partial charge >= 0.3 is 0 Å². The van der Waals surface area contributed by atoms with Gasteiger partial charge in [0.2, 0.25) is 0 Å². The van der Waals surface area contributed by atoms with Crippen molar-refractivity contribution >= 4 is 17.5 Å². The van der Waals surface area contributed by atoms with Crippen LogP contribution in [0.5, 0.6) is 0 Å². The average Bonchev–Trinajstić information content (AvgIpc) is 2.73. The van der Waals surface area contributed by atoms with Gasteiger partial charge in [0.1, 0.15) is 5.69 Å². The van der Waals surface area contributed by atoms with E-state index in [1.165, 1.54) is 18.3 Å². The number of pyridine rings is 1. The summed E-state index contributed by atoms with van der Waals surface area (Å²) in [5.74, 6) is -5.89. The summed E-state index contributed by atoms with van der Waals surface area (Å²) in [5.41, 5.74) is 0.347. The molecule has 2 aromatic carbocycles. The minimum atomic E-state index is -1.69. The van der Waals surface area contributed by atoms with Crippen LogP contribution in [0.2, 0.25) is 0 Å². The Labute approximate surface area is 158 Å². The molecule has 0 aliphatic carbocycles. The Morgan fingerprint density at radius 2 is 1.64 bits per heavy atom. The Hall–Kier alpha value is -3.68. The zero-order chi connectivity index (χ0) is 20.1. The molecule has 0 unspecified atom stereocenters. The maximum atomic E-state index is 13.7. The van der Waals surface area contributed by atoms with E-state index in [0.717, 1.165) is 11.6 Å². The second-order valence-electron chi connectivity index (χ2n) is 5.78. The molecule has 0 bridgehead atoms. The van der Waals surface area contributed by atoms with Crippen LogP contribution in [0.25, 0.3) is 0 Å². The van der Waals surface area contributed by atoms with Crippen molar-refractivity contribution in [2.45, 2.75) is 6.54 Å². The summed E-state index contributed by atoms with van der Waals surface area (Å²) in [6.45, 7) is 0.295. The van der Waals surface area contributed by atoms with Crippen LogP contribution in [0, 0.1) is 17.5 Å². The molecule has 0 radical (unpaired) electrons. The Kier molecular flexibility index (Phi) is 5.69. The number of carbonyl (C=O) groups excluding carboxylic acids is 2. The van der Waals surface area contributed by atoms with Gasteiger partial charge in [-0.05, 0) is 29.8 Å². The summed E-state index contributed by atoms with van der Waals surface area (Å²) in [6, 6.07) is 13.4. The number of nitrogens with one attached hydrogen (secondary N) is 2. The van der Waals surface area contributed by atoms with Gasteiger partial charge < -0.3 is 10.6 Å². The first-order chi connectivity index (χ1) is 13.5. The Balaban J connectivity index is 1.71. The molecule has 28 heavy (non-hydrogen) atoms. The average molecular weight is 385 g/mol. The molecule has 2 amide bonds. The van der Waals surface area contributed by atoms with E-state index in [0.29, 0.717) is 12.6 Å². The lowest BCUT2D eigenvalue weighted by Crippen LogP contribution is -2.23. The molecule has 0 saturated carbocycles. The second kappa shape index (κ2) is 8.34. The highest BCUT2D eigenvalue weighted by atomic mass is 19.2. The normalized spacial score (nSPS) is 10.4. The highest BCUT2D eigenvalue weighted by Gasteiger charge is 2.17. The molecule has 0 spiro atoms. The molecular formula is C20H14F3N3O2. The molecule has 5 nitrogen and oxygen atoms in total. The van der Waals surface area contributed by atoms with Crippen LogP contribution in [0.15, 0.2) is 60.8 Å². The third-order valence-corrected chi connectivity index (χ3v) is 3.83. The molecule has 0 aliphatic rings. The molecule has 0 saturated heterocycles. The molecule has 1 heterocycles. The van der Waals surface area contributed by atoms with Crippen LogP contribution in [-0.4, -0.2) is 16.8 Å². The molecule has 8 heteroatoms. The topological polar surface area (TPSA) is 71.1 Å². The van der Waals surface area contributed by atoms with Gasteiger partial charge in [-0.2, -0.15) is 0 Å². The predicted molar refractivity (Wildman–Crippen MR) is 96.1 cm³/mol. The van der Waals surface area contributed by atoms with Gasteiger partial charge in [0.05, 0.1) is 5.69 Å². The number of hydrogen-bond donors (Lipinski definition) is 2. The van der Waals surface area contributed by atoms with Crippen LogP contribution in [-0.2, 0) is 6.54 Å². The number of hydrogen-bond acceptors (Lipinski definition) is 3. The van der Waals surface area contributed by atoms with Gasteiger partial charge in [0, 0.05) is 18.3 Å². The quantitative estimate of drug-likeness (QED) is 0.658. The predicted octanol–water partition coefficient (Wildman–Crippen LogP) is 3.68. The first-order valence-corrected chi connectivity index (χ1v) is 8.18. The van der Waals surface area contributed by atoms with E-state index in [1.807, 2.05) is 30.3 Å². The zero-order valence-electron chi connectivity index (χ0n) is 14.4. The first kappa shape index (κ1) is 19.1. The molecule has 0 atom stereocenters. The largest absolute Gasteiger partial charge is 0.348 e. The maximum absolute atomic E-state index is 13.7. The number of nitrogens with zero attached hydrogens (tertiary/aromatic N) is 1. The number of anilines is 1. The van der Waals surface area contributed by atoms with Crippen molar-refractivity contribution in [3.8, 4) is 0 Å². The zero-order valence-corrected chi connectivity index (χ0v) is 14.4. The van der Waals surface area contributed by atoms with Crippen molar-refractivity contribution in [1.29, 1.82) is 0 Å². The fourth-order valence-corrected chi connectivity index (χ4v) is 2.39. The standard InChI is InChI=1S/C20H14F3N3O2/c21-14-6-7-15(18(23)17(14)22)26-20(28)16-10-13(8-9-24-16)19(27)25-11-12-4-2-1-3-5-12/h1-10H,11H2,(H,25,27)(H,26,28). The lowest BCUT2D eigenvalue weighted by atomic mass is 10.2. The third kappa shape index (κ3) is 4.35.